The fourth-order valence-corrected chi connectivity index (χ4v) is 2.70. The maximum absolute atomic E-state index is 6.10. The Balaban J connectivity index is 0.00000100. The highest BCUT2D eigenvalue weighted by Crippen LogP contribution is 2.36. The maximum atomic E-state index is 6.10. The van der Waals surface area contributed by atoms with Gasteiger partial charge in [0.15, 0.2) is 0 Å². The van der Waals surface area contributed by atoms with E-state index in [4.69, 9.17) is 9.31 Å². The second-order valence-electron chi connectivity index (χ2n) is 7.03. The molecule has 2 aromatic carbocycles. The van der Waals surface area contributed by atoms with Gasteiger partial charge in [0.25, 0.3) is 0 Å². The summed E-state index contributed by atoms with van der Waals surface area (Å²) < 4.78 is 12.2. The fraction of sp³-hybridized carbons (Fsp3) is 0.429. The first kappa shape index (κ1) is 18.8. The summed E-state index contributed by atoms with van der Waals surface area (Å²) in [5, 5.41) is 0. The molecule has 0 N–H and O–H groups in total. The molecule has 0 unspecified atom stereocenters. The minimum absolute atomic E-state index is 0.295. The van der Waals surface area contributed by atoms with Crippen LogP contribution < -0.4 is 5.46 Å². The van der Waals surface area contributed by atoms with Gasteiger partial charge in [-0.05, 0) is 56.8 Å². The summed E-state index contributed by atoms with van der Waals surface area (Å²) in [6, 6.07) is 16.9. The van der Waals surface area contributed by atoms with Crippen molar-refractivity contribution in [3.8, 4) is 11.1 Å². The van der Waals surface area contributed by atoms with Crippen molar-refractivity contribution in [1.29, 1.82) is 0 Å². The van der Waals surface area contributed by atoms with Crippen LogP contribution in [0.4, 0.5) is 0 Å². The molecule has 2 nitrogen and oxygen atoms in total. The second kappa shape index (κ2) is 7.12. The summed E-state index contributed by atoms with van der Waals surface area (Å²) in [4.78, 5) is 0. The van der Waals surface area contributed by atoms with Crippen molar-refractivity contribution in [1.82, 2.24) is 0 Å². The van der Waals surface area contributed by atoms with Crippen molar-refractivity contribution in [2.45, 2.75) is 59.7 Å². The van der Waals surface area contributed by atoms with Crippen molar-refractivity contribution < 1.29 is 9.31 Å². The zero-order valence-corrected chi connectivity index (χ0v) is 16.0. The lowest BCUT2D eigenvalue weighted by Crippen LogP contribution is -2.41. The molecule has 0 aliphatic carbocycles. The molecule has 1 aliphatic rings. The van der Waals surface area contributed by atoms with E-state index in [0.717, 1.165) is 5.46 Å². The SMILES string of the molecule is CC.Cc1ccccc1-c1ccc(B2OC(C)(C)C(C)(C)O2)cc1. The van der Waals surface area contributed by atoms with Crippen LogP contribution in [0.3, 0.4) is 0 Å². The molecule has 1 aliphatic heterocycles. The minimum atomic E-state index is -0.299. The first-order chi connectivity index (χ1) is 11.3. The highest BCUT2D eigenvalue weighted by molar-refractivity contribution is 6.62. The molecule has 2 aromatic rings. The van der Waals surface area contributed by atoms with Gasteiger partial charge in [0, 0.05) is 0 Å². The van der Waals surface area contributed by atoms with Crippen LogP contribution in [0.1, 0.15) is 47.1 Å². The van der Waals surface area contributed by atoms with E-state index in [1.807, 2.05) is 13.8 Å². The summed E-state index contributed by atoms with van der Waals surface area (Å²) in [7, 11) is -0.295. The molecular formula is C21H29BO2. The van der Waals surface area contributed by atoms with Gasteiger partial charge in [-0.15, -0.1) is 0 Å². The van der Waals surface area contributed by atoms with Crippen LogP contribution in [0.2, 0.25) is 0 Å². The summed E-state index contributed by atoms with van der Waals surface area (Å²) in [5.41, 5.74) is 4.24. The third-order valence-electron chi connectivity index (χ3n) is 4.89. The molecule has 0 saturated carbocycles. The Labute approximate surface area is 147 Å². The van der Waals surface area contributed by atoms with Crippen LogP contribution >= 0.6 is 0 Å². The highest BCUT2D eigenvalue weighted by atomic mass is 16.7. The van der Waals surface area contributed by atoms with E-state index in [1.54, 1.807) is 0 Å². The van der Waals surface area contributed by atoms with Crippen molar-refractivity contribution >= 4 is 12.6 Å². The van der Waals surface area contributed by atoms with Crippen molar-refractivity contribution in [2.24, 2.45) is 0 Å². The minimum Gasteiger partial charge on any atom is -0.399 e. The zero-order valence-electron chi connectivity index (χ0n) is 16.0. The van der Waals surface area contributed by atoms with E-state index < -0.39 is 0 Å². The number of benzene rings is 2. The summed E-state index contributed by atoms with van der Waals surface area (Å²) >= 11 is 0. The molecule has 0 amide bonds. The largest absolute Gasteiger partial charge is 0.494 e. The van der Waals surface area contributed by atoms with Gasteiger partial charge in [0.2, 0.25) is 0 Å². The van der Waals surface area contributed by atoms with Gasteiger partial charge in [0.1, 0.15) is 0 Å². The monoisotopic (exact) mass is 324 g/mol. The van der Waals surface area contributed by atoms with E-state index in [9.17, 15) is 0 Å². The first-order valence-electron chi connectivity index (χ1n) is 8.82. The average molecular weight is 324 g/mol. The molecule has 1 heterocycles. The predicted octanol–water partition coefficient (Wildman–Crippen LogP) is 4.99. The first-order valence-corrected chi connectivity index (χ1v) is 8.82. The Hall–Kier alpha value is -1.58. The van der Waals surface area contributed by atoms with Crippen LogP contribution in [-0.4, -0.2) is 18.3 Å². The van der Waals surface area contributed by atoms with Gasteiger partial charge >= 0.3 is 7.12 Å². The van der Waals surface area contributed by atoms with Crippen molar-refractivity contribution in [3.63, 3.8) is 0 Å². The van der Waals surface area contributed by atoms with E-state index in [-0.39, 0.29) is 18.3 Å². The number of hydrogen-bond acceptors (Lipinski definition) is 2. The number of rotatable bonds is 2. The highest BCUT2D eigenvalue weighted by Gasteiger charge is 2.51. The van der Waals surface area contributed by atoms with Crippen molar-refractivity contribution in [2.75, 3.05) is 0 Å². The van der Waals surface area contributed by atoms with Gasteiger partial charge in [-0.2, -0.15) is 0 Å². The molecule has 0 aromatic heterocycles. The predicted molar refractivity (Wildman–Crippen MR) is 104 cm³/mol. The fourth-order valence-electron chi connectivity index (χ4n) is 2.70. The molecule has 1 fully saturated rings. The van der Waals surface area contributed by atoms with Crippen LogP contribution in [0.15, 0.2) is 48.5 Å². The lowest BCUT2D eigenvalue weighted by Gasteiger charge is -2.32. The van der Waals surface area contributed by atoms with Gasteiger partial charge in [-0.3, -0.25) is 0 Å². The van der Waals surface area contributed by atoms with Crippen molar-refractivity contribution in [3.05, 3.63) is 54.1 Å². The Bertz CT molecular complexity index is 658. The third kappa shape index (κ3) is 3.58. The van der Waals surface area contributed by atoms with Crippen LogP contribution in [0.5, 0.6) is 0 Å². The van der Waals surface area contributed by atoms with E-state index >= 15 is 0 Å². The zero-order chi connectivity index (χ0) is 18.0. The van der Waals surface area contributed by atoms with E-state index in [2.05, 4.69) is 83.1 Å². The number of aryl methyl sites for hydroxylation is 1. The van der Waals surface area contributed by atoms with E-state index in [1.165, 1.54) is 16.7 Å². The summed E-state index contributed by atoms with van der Waals surface area (Å²) in [6.45, 7) is 14.4. The molecule has 3 heteroatoms. The van der Waals surface area contributed by atoms with Crippen LogP contribution in [-0.2, 0) is 9.31 Å². The molecule has 1 saturated heterocycles. The van der Waals surface area contributed by atoms with Crippen LogP contribution in [0, 0.1) is 6.92 Å². The second-order valence-corrected chi connectivity index (χ2v) is 7.03. The van der Waals surface area contributed by atoms with Crippen LogP contribution in [0.25, 0.3) is 11.1 Å². The standard InChI is InChI=1S/C19H23BO2.C2H6/c1-14-8-6-7-9-17(14)15-10-12-16(13-11-15)20-21-18(2,3)19(4,5)22-20;1-2/h6-13H,1-5H3;1-2H3. The van der Waals surface area contributed by atoms with Gasteiger partial charge in [-0.25, -0.2) is 0 Å². The molecule has 24 heavy (non-hydrogen) atoms. The van der Waals surface area contributed by atoms with Gasteiger partial charge in [-0.1, -0.05) is 62.4 Å². The average Bonchev–Trinajstić information content (AvgIpc) is 2.78. The Morgan fingerprint density at radius 1 is 0.750 bits per heavy atom. The Morgan fingerprint density at radius 3 is 1.75 bits per heavy atom. The van der Waals surface area contributed by atoms with Gasteiger partial charge in [0.05, 0.1) is 11.2 Å². The summed E-state index contributed by atoms with van der Waals surface area (Å²) in [6.07, 6.45) is 0. The molecule has 0 atom stereocenters. The molecule has 0 bridgehead atoms. The summed E-state index contributed by atoms with van der Waals surface area (Å²) in [5.74, 6) is 0. The molecule has 3 rings (SSSR count). The number of hydrogen-bond donors (Lipinski definition) is 0. The molecular weight excluding hydrogens is 295 g/mol. The molecule has 128 valence electrons. The quantitative estimate of drug-likeness (QED) is 0.725. The normalized spacial score (nSPS) is 18.0. The Morgan fingerprint density at radius 2 is 1.25 bits per heavy atom. The maximum Gasteiger partial charge on any atom is 0.494 e. The molecule has 0 spiro atoms. The lowest BCUT2D eigenvalue weighted by atomic mass is 9.78. The topological polar surface area (TPSA) is 18.5 Å². The van der Waals surface area contributed by atoms with Gasteiger partial charge < -0.3 is 9.31 Å². The lowest BCUT2D eigenvalue weighted by molar-refractivity contribution is 0.00578. The third-order valence-corrected chi connectivity index (χ3v) is 4.89. The molecule has 0 radical (unpaired) electrons. The van der Waals surface area contributed by atoms with E-state index in [0.29, 0.717) is 0 Å². The Kier molecular flexibility index (Phi) is 5.57. The smallest absolute Gasteiger partial charge is 0.399 e.